The lowest BCUT2D eigenvalue weighted by atomic mass is 10.1. The zero-order valence-corrected chi connectivity index (χ0v) is 13.8. The molecule has 0 fully saturated rings. The van der Waals surface area contributed by atoms with E-state index in [1.165, 1.54) is 24.2 Å². The second-order valence-corrected chi connectivity index (χ2v) is 5.84. The summed E-state index contributed by atoms with van der Waals surface area (Å²) in [7, 11) is 0. The summed E-state index contributed by atoms with van der Waals surface area (Å²) in [6.45, 7) is 3.63. The number of benzene rings is 1. The Morgan fingerprint density at radius 3 is 2.65 bits per heavy atom. The van der Waals surface area contributed by atoms with Crippen LogP contribution >= 0.6 is 11.8 Å². The second kappa shape index (κ2) is 7.61. The average Bonchev–Trinajstić information content (AvgIpc) is 3.02. The molecule has 0 spiro atoms. The lowest BCUT2D eigenvalue weighted by Crippen LogP contribution is -2.10. The van der Waals surface area contributed by atoms with E-state index < -0.39 is 0 Å². The third-order valence-electron chi connectivity index (χ3n) is 3.22. The van der Waals surface area contributed by atoms with Crippen molar-refractivity contribution < 1.29 is 4.79 Å². The van der Waals surface area contributed by atoms with Crippen molar-refractivity contribution in [2.24, 2.45) is 5.73 Å². The Kier molecular flexibility index (Phi) is 5.55. The fourth-order valence-corrected chi connectivity index (χ4v) is 2.58. The number of nitrogens with zero attached hydrogens (tertiary/aromatic N) is 3. The normalized spacial score (nSPS) is 11.7. The summed E-state index contributed by atoms with van der Waals surface area (Å²) in [5.74, 6) is 0.397. The summed E-state index contributed by atoms with van der Waals surface area (Å²) in [5.41, 5.74) is 7.91. The van der Waals surface area contributed by atoms with Gasteiger partial charge in [-0.1, -0.05) is 43.0 Å². The van der Waals surface area contributed by atoms with E-state index in [-0.39, 0.29) is 22.8 Å². The number of aromatic amines is 1. The van der Waals surface area contributed by atoms with Gasteiger partial charge in [-0.25, -0.2) is 4.98 Å². The van der Waals surface area contributed by atoms with Crippen LogP contribution in [0.3, 0.4) is 0 Å². The molecule has 0 unspecified atom stereocenters. The van der Waals surface area contributed by atoms with Crippen molar-refractivity contribution in [3.05, 3.63) is 41.1 Å². The van der Waals surface area contributed by atoms with Gasteiger partial charge in [0.25, 0.3) is 0 Å². The standard InChI is InChI=1S/C16H17N5OS/c1-3-11-4-6-12(7-5-11)15-19-16(21-20-15)23-9-14(22)13(8-17)10(2)18/h4-7H,3,9,18H2,1-2H3,(H,19,20,21). The van der Waals surface area contributed by atoms with Crippen molar-refractivity contribution in [2.45, 2.75) is 25.4 Å². The van der Waals surface area contributed by atoms with Gasteiger partial charge in [0.05, 0.1) is 5.75 Å². The maximum absolute atomic E-state index is 11.9. The molecule has 1 aromatic heterocycles. The molecular formula is C16H17N5OS. The lowest BCUT2D eigenvalue weighted by Gasteiger charge is -1.99. The van der Waals surface area contributed by atoms with Crippen LogP contribution in [0, 0.1) is 11.3 Å². The number of carbonyl (C=O) groups is 1. The summed E-state index contributed by atoms with van der Waals surface area (Å²) in [4.78, 5) is 16.2. The fraction of sp³-hybridized carbons (Fsp3) is 0.250. The number of Topliss-reactive ketones (excluding diaryl/α,β-unsaturated/α-hetero) is 1. The molecule has 2 aromatic rings. The minimum absolute atomic E-state index is 0.0107. The van der Waals surface area contributed by atoms with E-state index in [1.54, 1.807) is 0 Å². The molecule has 23 heavy (non-hydrogen) atoms. The predicted molar refractivity (Wildman–Crippen MR) is 89.4 cm³/mol. The van der Waals surface area contributed by atoms with Crippen LogP contribution in [0.4, 0.5) is 0 Å². The van der Waals surface area contributed by atoms with E-state index in [0.29, 0.717) is 11.0 Å². The monoisotopic (exact) mass is 327 g/mol. The van der Waals surface area contributed by atoms with E-state index in [4.69, 9.17) is 11.0 Å². The number of aromatic nitrogens is 3. The minimum atomic E-state index is -0.323. The van der Waals surface area contributed by atoms with Gasteiger partial charge in [-0.05, 0) is 18.9 Å². The van der Waals surface area contributed by atoms with Crippen molar-refractivity contribution >= 4 is 17.5 Å². The van der Waals surface area contributed by atoms with Gasteiger partial charge in [0.2, 0.25) is 5.16 Å². The Morgan fingerprint density at radius 1 is 1.39 bits per heavy atom. The molecule has 0 radical (unpaired) electrons. The maximum atomic E-state index is 11.9. The molecule has 0 saturated heterocycles. The van der Waals surface area contributed by atoms with E-state index in [9.17, 15) is 4.79 Å². The predicted octanol–water partition coefficient (Wildman–Crippen LogP) is 2.45. The SMILES string of the molecule is CCc1ccc(-c2nc(SCC(=O)C(C#N)=C(C)N)n[nH]2)cc1. The molecule has 0 aliphatic heterocycles. The third kappa shape index (κ3) is 4.20. The number of ketones is 1. The lowest BCUT2D eigenvalue weighted by molar-refractivity contribution is -0.112. The number of thioether (sulfide) groups is 1. The summed E-state index contributed by atoms with van der Waals surface area (Å²) in [6, 6.07) is 9.87. The molecule has 0 amide bonds. The first-order chi connectivity index (χ1) is 11.0. The number of carbonyl (C=O) groups excluding carboxylic acids is 1. The van der Waals surface area contributed by atoms with E-state index in [2.05, 4.69) is 22.1 Å². The number of hydrogen-bond donors (Lipinski definition) is 2. The maximum Gasteiger partial charge on any atom is 0.209 e. The molecule has 1 aromatic carbocycles. The molecule has 7 heteroatoms. The van der Waals surface area contributed by atoms with Gasteiger partial charge < -0.3 is 5.73 Å². The minimum Gasteiger partial charge on any atom is -0.401 e. The summed E-state index contributed by atoms with van der Waals surface area (Å²) >= 11 is 1.17. The Morgan fingerprint density at radius 2 is 2.09 bits per heavy atom. The summed E-state index contributed by atoms with van der Waals surface area (Å²) < 4.78 is 0. The molecule has 0 atom stereocenters. The van der Waals surface area contributed by atoms with Gasteiger partial charge in [-0.15, -0.1) is 5.10 Å². The van der Waals surface area contributed by atoms with Crippen LogP contribution in [-0.2, 0) is 11.2 Å². The van der Waals surface area contributed by atoms with E-state index in [1.807, 2.05) is 30.3 Å². The molecule has 0 saturated carbocycles. The number of rotatable bonds is 6. The van der Waals surface area contributed by atoms with Gasteiger partial charge in [-0.2, -0.15) is 5.26 Å². The summed E-state index contributed by atoms with van der Waals surface area (Å²) in [6.07, 6.45) is 0.981. The summed E-state index contributed by atoms with van der Waals surface area (Å²) in [5, 5.41) is 16.3. The average molecular weight is 327 g/mol. The number of hydrogen-bond acceptors (Lipinski definition) is 6. The van der Waals surface area contributed by atoms with Crippen LogP contribution < -0.4 is 5.73 Å². The number of nitrogens with one attached hydrogen (secondary N) is 1. The Labute approximate surface area is 138 Å². The van der Waals surface area contributed by atoms with Gasteiger partial charge >= 0.3 is 0 Å². The van der Waals surface area contributed by atoms with Gasteiger partial charge in [0, 0.05) is 11.3 Å². The van der Waals surface area contributed by atoms with E-state index in [0.717, 1.165) is 12.0 Å². The van der Waals surface area contributed by atoms with Crippen molar-refractivity contribution in [2.75, 3.05) is 5.75 Å². The first-order valence-electron chi connectivity index (χ1n) is 7.09. The molecule has 0 bridgehead atoms. The molecule has 0 aliphatic rings. The number of nitriles is 1. The van der Waals surface area contributed by atoms with Crippen LogP contribution in [0.15, 0.2) is 40.7 Å². The fourth-order valence-electron chi connectivity index (χ4n) is 1.91. The molecule has 118 valence electrons. The number of allylic oxidation sites excluding steroid dienone is 2. The van der Waals surface area contributed by atoms with Crippen LogP contribution in [0.25, 0.3) is 11.4 Å². The zero-order valence-electron chi connectivity index (χ0n) is 13.0. The molecule has 0 aliphatic carbocycles. The topological polar surface area (TPSA) is 108 Å². The highest BCUT2D eigenvalue weighted by Gasteiger charge is 2.14. The molecule has 2 rings (SSSR count). The first-order valence-corrected chi connectivity index (χ1v) is 8.07. The smallest absolute Gasteiger partial charge is 0.209 e. The zero-order chi connectivity index (χ0) is 16.8. The van der Waals surface area contributed by atoms with Gasteiger partial charge in [0.1, 0.15) is 11.6 Å². The largest absolute Gasteiger partial charge is 0.401 e. The number of aryl methyl sites for hydroxylation is 1. The van der Waals surface area contributed by atoms with Crippen molar-refractivity contribution in [3.63, 3.8) is 0 Å². The van der Waals surface area contributed by atoms with Gasteiger partial charge in [0.15, 0.2) is 11.6 Å². The molecule has 1 heterocycles. The Hall–Kier alpha value is -2.59. The third-order valence-corrected chi connectivity index (χ3v) is 4.07. The molecule has 3 N–H and O–H groups in total. The van der Waals surface area contributed by atoms with Crippen molar-refractivity contribution in [1.29, 1.82) is 5.26 Å². The quantitative estimate of drug-likeness (QED) is 0.479. The van der Waals surface area contributed by atoms with Crippen LogP contribution in [0.5, 0.6) is 0 Å². The highest BCUT2D eigenvalue weighted by Crippen LogP contribution is 2.20. The highest BCUT2D eigenvalue weighted by atomic mass is 32.2. The Bertz CT molecular complexity index is 767. The molecular weight excluding hydrogens is 310 g/mol. The van der Waals surface area contributed by atoms with Crippen LogP contribution in [-0.4, -0.2) is 26.7 Å². The number of H-pyrrole nitrogens is 1. The second-order valence-electron chi connectivity index (χ2n) is 4.90. The van der Waals surface area contributed by atoms with E-state index >= 15 is 0 Å². The Balaban J connectivity index is 2.04. The van der Waals surface area contributed by atoms with Crippen molar-refractivity contribution in [1.82, 2.24) is 15.2 Å². The van der Waals surface area contributed by atoms with Crippen molar-refractivity contribution in [3.8, 4) is 17.5 Å². The van der Waals surface area contributed by atoms with Gasteiger partial charge in [-0.3, -0.25) is 9.89 Å². The first kappa shape index (κ1) is 16.8. The van der Waals surface area contributed by atoms with Crippen LogP contribution in [0.1, 0.15) is 19.4 Å². The highest BCUT2D eigenvalue weighted by molar-refractivity contribution is 7.99. The number of nitrogens with two attached hydrogens (primary N) is 1. The van der Waals surface area contributed by atoms with Crippen LogP contribution in [0.2, 0.25) is 0 Å². The molecule has 6 nitrogen and oxygen atoms in total.